The number of methoxy groups -OCH3 is 1. The molecule has 0 saturated heterocycles. The van der Waals surface area contributed by atoms with Crippen LogP contribution in [0, 0.1) is 5.92 Å². The molecule has 0 aliphatic heterocycles. The number of hydroxylamine groups is 1. The van der Waals surface area contributed by atoms with Crippen LogP contribution in [0.4, 0.5) is 13.2 Å². The predicted octanol–water partition coefficient (Wildman–Crippen LogP) is 2.55. The molecule has 1 aromatic heterocycles. The molecule has 0 spiro atoms. The first kappa shape index (κ1) is 22.5. The lowest BCUT2D eigenvalue weighted by molar-refractivity contribution is -0.141. The van der Waals surface area contributed by atoms with Crippen molar-refractivity contribution in [1.82, 2.24) is 10.5 Å². The lowest BCUT2D eigenvalue weighted by Gasteiger charge is -2.13. The molecule has 0 atom stereocenters. The number of hydrogen-bond donors (Lipinski definition) is 2. The molecule has 0 unspecified atom stereocenters. The number of nitrogens with one attached hydrogen (secondary N) is 1. The number of nitrogens with zero attached hydrogens (tertiary/aromatic N) is 3. The maximum atomic E-state index is 12.9. The van der Waals surface area contributed by atoms with Gasteiger partial charge in [0.1, 0.15) is 5.69 Å². The Labute approximate surface area is 154 Å². The average Bonchev–Trinajstić information content (AvgIpc) is 2.58. The summed E-state index contributed by atoms with van der Waals surface area (Å²) in [4.78, 5) is 15.8. The highest BCUT2D eigenvalue weighted by atomic mass is 19.4. The molecule has 8 nitrogen and oxygen atoms in total. The maximum absolute atomic E-state index is 12.9. The van der Waals surface area contributed by atoms with Crippen molar-refractivity contribution in [2.24, 2.45) is 16.1 Å². The summed E-state index contributed by atoms with van der Waals surface area (Å²) in [6.45, 7) is 4.70. The van der Waals surface area contributed by atoms with E-state index < -0.39 is 17.8 Å². The van der Waals surface area contributed by atoms with E-state index in [1.807, 2.05) is 5.48 Å². The minimum atomic E-state index is -4.66. The monoisotopic (exact) mass is 390 g/mol. The summed E-state index contributed by atoms with van der Waals surface area (Å²) >= 11 is 0. The molecular formula is C16H21F3N4O4. The molecule has 27 heavy (non-hydrogen) atoms. The van der Waals surface area contributed by atoms with Crippen LogP contribution in [0.3, 0.4) is 0 Å². The lowest BCUT2D eigenvalue weighted by Crippen LogP contribution is -2.26. The Morgan fingerprint density at radius 1 is 1.33 bits per heavy atom. The number of hydrogen-bond acceptors (Lipinski definition) is 7. The SMILES string of the molecule is CCOC(=O)/C(=N/N=C(\NO)C(C)C)c1ccc(C(F)(F)F)nc1COC. The van der Waals surface area contributed by atoms with Crippen LogP contribution in [0.2, 0.25) is 0 Å². The van der Waals surface area contributed by atoms with Gasteiger partial charge in [0.15, 0.2) is 11.5 Å². The van der Waals surface area contributed by atoms with Crippen LogP contribution < -0.4 is 5.48 Å². The third kappa shape index (κ3) is 6.29. The number of pyridine rings is 1. The molecule has 0 saturated carbocycles. The number of carbonyl (C=O) groups is 1. The zero-order chi connectivity index (χ0) is 20.6. The molecule has 0 radical (unpaired) electrons. The van der Waals surface area contributed by atoms with Gasteiger partial charge in [0.25, 0.3) is 0 Å². The molecule has 2 N–H and O–H groups in total. The highest BCUT2D eigenvalue weighted by Crippen LogP contribution is 2.28. The fourth-order valence-corrected chi connectivity index (χ4v) is 1.90. The van der Waals surface area contributed by atoms with Gasteiger partial charge in [-0.1, -0.05) is 13.8 Å². The average molecular weight is 390 g/mol. The van der Waals surface area contributed by atoms with Crippen molar-refractivity contribution >= 4 is 17.5 Å². The van der Waals surface area contributed by atoms with E-state index in [-0.39, 0.29) is 41.9 Å². The van der Waals surface area contributed by atoms with Crippen LogP contribution in [-0.4, -0.2) is 41.4 Å². The van der Waals surface area contributed by atoms with Crippen molar-refractivity contribution in [2.75, 3.05) is 13.7 Å². The summed E-state index contributed by atoms with van der Waals surface area (Å²) in [5, 5.41) is 16.6. The Hall–Kier alpha value is -2.53. The van der Waals surface area contributed by atoms with Gasteiger partial charge in [0.2, 0.25) is 0 Å². The van der Waals surface area contributed by atoms with Crippen LogP contribution >= 0.6 is 0 Å². The molecule has 11 heteroatoms. The fraction of sp³-hybridized carbons (Fsp3) is 0.500. The van der Waals surface area contributed by atoms with Crippen molar-refractivity contribution < 1.29 is 32.6 Å². The predicted molar refractivity (Wildman–Crippen MR) is 90.3 cm³/mol. The number of halogens is 3. The van der Waals surface area contributed by atoms with Crippen LogP contribution in [0.1, 0.15) is 37.7 Å². The van der Waals surface area contributed by atoms with Crippen LogP contribution in [0.25, 0.3) is 0 Å². The summed E-state index contributed by atoms with van der Waals surface area (Å²) in [5.74, 6) is -1.11. The van der Waals surface area contributed by atoms with E-state index in [0.717, 1.165) is 12.1 Å². The van der Waals surface area contributed by atoms with Crippen molar-refractivity contribution in [3.05, 3.63) is 29.1 Å². The van der Waals surface area contributed by atoms with Crippen molar-refractivity contribution in [2.45, 2.75) is 33.6 Å². The molecule has 0 aromatic carbocycles. The second-order valence-electron chi connectivity index (χ2n) is 5.54. The van der Waals surface area contributed by atoms with Gasteiger partial charge >= 0.3 is 12.1 Å². The number of amidine groups is 1. The first-order chi connectivity index (χ1) is 12.6. The van der Waals surface area contributed by atoms with Gasteiger partial charge in [-0.05, 0) is 19.1 Å². The second-order valence-corrected chi connectivity index (χ2v) is 5.54. The third-order valence-corrected chi connectivity index (χ3v) is 3.19. The Bertz CT molecular complexity index is 718. The van der Waals surface area contributed by atoms with Crippen LogP contribution in [-0.2, 0) is 27.1 Å². The largest absolute Gasteiger partial charge is 0.461 e. The normalized spacial score (nSPS) is 13.1. The zero-order valence-electron chi connectivity index (χ0n) is 15.3. The summed E-state index contributed by atoms with van der Waals surface area (Å²) in [7, 11) is 1.28. The lowest BCUT2D eigenvalue weighted by atomic mass is 10.1. The maximum Gasteiger partial charge on any atom is 0.433 e. The van der Waals surface area contributed by atoms with E-state index in [0.29, 0.717) is 0 Å². The molecule has 0 amide bonds. The Balaban J connectivity index is 3.55. The molecule has 1 heterocycles. The Morgan fingerprint density at radius 2 is 2.00 bits per heavy atom. The molecule has 0 aliphatic carbocycles. The van der Waals surface area contributed by atoms with E-state index in [1.54, 1.807) is 20.8 Å². The van der Waals surface area contributed by atoms with Crippen molar-refractivity contribution in [3.63, 3.8) is 0 Å². The first-order valence-electron chi connectivity index (χ1n) is 7.94. The fourth-order valence-electron chi connectivity index (χ4n) is 1.90. The first-order valence-corrected chi connectivity index (χ1v) is 7.94. The summed E-state index contributed by atoms with van der Waals surface area (Å²) in [6.07, 6.45) is -4.66. The molecule has 150 valence electrons. The number of carbonyl (C=O) groups excluding carboxylic acids is 1. The third-order valence-electron chi connectivity index (χ3n) is 3.19. The van der Waals surface area contributed by atoms with Gasteiger partial charge in [0, 0.05) is 18.6 Å². The smallest absolute Gasteiger partial charge is 0.433 e. The van der Waals surface area contributed by atoms with E-state index in [1.165, 1.54) is 7.11 Å². The Kier molecular flexibility index (Phi) is 8.32. The summed E-state index contributed by atoms with van der Waals surface area (Å²) in [5.41, 5.74) is 0.177. The minimum Gasteiger partial charge on any atom is -0.461 e. The number of alkyl halides is 3. The van der Waals surface area contributed by atoms with E-state index >= 15 is 0 Å². The van der Waals surface area contributed by atoms with Crippen LogP contribution in [0.5, 0.6) is 0 Å². The molecule has 1 aromatic rings. The van der Waals surface area contributed by atoms with Crippen molar-refractivity contribution in [1.29, 1.82) is 0 Å². The zero-order valence-corrected chi connectivity index (χ0v) is 15.3. The number of ether oxygens (including phenoxy) is 2. The number of esters is 1. The van der Waals surface area contributed by atoms with Gasteiger partial charge in [0.05, 0.1) is 18.9 Å². The van der Waals surface area contributed by atoms with Crippen LogP contribution in [0.15, 0.2) is 22.3 Å². The van der Waals surface area contributed by atoms with Crippen molar-refractivity contribution in [3.8, 4) is 0 Å². The minimum absolute atomic E-state index is 0.0184. The molecular weight excluding hydrogens is 369 g/mol. The highest BCUT2D eigenvalue weighted by molar-refractivity contribution is 6.43. The molecule has 1 rings (SSSR count). The van der Waals surface area contributed by atoms with Gasteiger partial charge in [-0.2, -0.15) is 13.2 Å². The quantitative estimate of drug-likeness (QED) is 0.321. The molecule has 0 bridgehead atoms. The van der Waals surface area contributed by atoms with Gasteiger partial charge < -0.3 is 9.47 Å². The van der Waals surface area contributed by atoms with E-state index in [9.17, 15) is 18.0 Å². The highest BCUT2D eigenvalue weighted by Gasteiger charge is 2.34. The second kappa shape index (κ2) is 9.97. The molecule has 0 aliphatic rings. The standard InChI is InChI=1S/C16H21F3N4O4/c1-5-27-15(24)13(21-22-14(23-25)9(2)3)10-6-7-12(16(17,18)19)20-11(10)8-26-4/h6-7,9,25H,5,8H2,1-4H3,(H,22,23)/b21-13+. The molecule has 0 fully saturated rings. The van der Waals surface area contributed by atoms with Gasteiger partial charge in [-0.3, -0.25) is 10.7 Å². The topological polar surface area (TPSA) is 105 Å². The number of aromatic nitrogens is 1. The van der Waals surface area contributed by atoms with Gasteiger partial charge in [-0.15, -0.1) is 10.2 Å². The van der Waals surface area contributed by atoms with Gasteiger partial charge in [-0.25, -0.2) is 9.78 Å². The summed E-state index contributed by atoms with van der Waals surface area (Å²) in [6, 6.07) is 1.78. The van der Waals surface area contributed by atoms with E-state index in [2.05, 4.69) is 15.2 Å². The van der Waals surface area contributed by atoms with E-state index in [4.69, 9.17) is 14.7 Å². The summed E-state index contributed by atoms with van der Waals surface area (Å²) < 4.78 is 48.6. The number of rotatable bonds is 7. The Morgan fingerprint density at radius 3 is 2.48 bits per heavy atom.